The molecule has 100 valence electrons. The van der Waals surface area contributed by atoms with Crippen molar-refractivity contribution < 1.29 is 19.4 Å². The molecule has 0 fully saturated rings. The molecule has 0 amide bonds. The van der Waals surface area contributed by atoms with Crippen LogP contribution in [0.25, 0.3) is 5.57 Å². The van der Waals surface area contributed by atoms with Gasteiger partial charge in [0.1, 0.15) is 5.82 Å². The molecule has 0 aromatic heterocycles. The zero-order valence-electron chi connectivity index (χ0n) is 10.4. The molecule has 0 saturated heterocycles. The molecule has 1 aliphatic carbocycles. The molecular weight excluding hydrogens is 259 g/mol. The maximum Gasteiger partial charge on any atom is 0.186 e. The highest BCUT2D eigenvalue weighted by Crippen LogP contribution is 2.37. The minimum atomic E-state index is -0.350. The quantitative estimate of drug-likeness (QED) is 0.783. The largest absolute Gasteiger partial charge is 0.504 e. The van der Waals surface area contributed by atoms with Crippen LogP contribution in [0.5, 0.6) is 11.5 Å². The summed E-state index contributed by atoms with van der Waals surface area (Å²) < 4.78 is 12.9. The van der Waals surface area contributed by atoms with Gasteiger partial charge in [-0.05, 0) is 41.5 Å². The van der Waals surface area contributed by atoms with Gasteiger partial charge >= 0.3 is 0 Å². The highest BCUT2D eigenvalue weighted by molar-refractivity contribution is 6.12. The van der Waals surface area contributed by atoms with Gasteiger partial charge in [-0.2, -0.15) is 0 Å². The third-order valence-electron chi connectivity index (χ3n) is 3.41. The van der Waals surface area contributed by atoms with Crippen molar-refractivity contribution in [3.63, 3.8) is 0 Å². The number of carbonyl (C=O) groups excluding carboxylic acids is 1. The van der Waals surface area contributed by atoms with Crippen molar-refractivity contribution in [2.45, 2.75) is 6.42 Å². The summed E-state index contributed by atoms with van der Waals surface area (Å²) >= 11 is 0. The minimum Gasteiger partial charge on any atom is -0.504 e. The first-order valence-corrected chi connectivity index (χ1v) is 6.11. The van der Waals surface area contributed by atoms with Gasteiger partial charge < -0.3 is 10.2 Å². The zero-order chi connectivity index (χ0) is 14.3. The van der Waals surface area contributed by atoms with Crippen LogP contribution in [0.3, 0.4) is 0 Å². The summed E-state index contributed by atoms with van der Waals surface area (Å²) in [4.78, 5) is 12.1. The summed E-state index contributed by atoms with van der Waals surface area (Å²) in [7, 11) is 0. The topological polar surface area (TPSA) is 57.5 Å². The lowest BCUT2D eigenvalue weighted by Gasteiger charge is -2.18. The molecule has 0 aliphatic heterocycles. The van der Waals surface area contributed by atoms with Crippen LogP contribution < -0.4 is 0 Å². The van der Waals surface area contributed by atoms with Gasteiger partial charge in [-0.3, -0.25) is 4.79 Å². The van der Waals surface area contributed by atoms with Crippen molar-refractivity contribution in [3.8, 4) is 11.5 Å². The predicted molar refractivity (Wildman–Crippen MR) is 72.2 cm³/mol. The van der Waals surface area contributed by atoms with E-state index < -0.39 is 0 Å². The average Bonchev–Trinajstić information content (AvgIpc) is 2.44. The average molecular weight is 270 g/mol. The number of phenols is 2. The van der Waals surface area contributed by atoms with Crippen molar-refractivity contribution in [2.24, 2.45) is 0 Å². The highest BCUT2D eigenvalue weighted by Gasteiger charge is 2.23. The maximum atomic E-state index is 12.9. The van der Waals surface area contributed by atoms with Crippen molar-refractivity contribution >= 4 is 11.4 Å². The van der Waals surface area contributed by atoms with Crippen LogP contribution in [0.2, 0.25) is 0 Å². The lowest BCUT2D eigenvalue weighted by atomic mass is 9.86. The van der Waals surface area contributed by atoms with Crippen LogP contribution >= 0.6 is 0 Å². The Kier molecular flexibility index (Phi) is 2.79. The molecule has 1 aliphatic rings. The van der Waals surface area contributed by atoms with E-state index in [1.165, 1.54) is 30.3 Å². The fourth-order valence-electron chi connectivity index (χ4n) is 2.36. The van der Waals surface area contributed by atoms with Gasteiger partial charge in [0.2, 0.25) is 0 Å². The third-order valence-corrected chi connectivity index (χ3v) is 3.41. The third kappa shape index (κ3) is 1.95. The second kappa shape index (κ2) is 4.49. The minimum absolute atomic E-state index is 0.235. The molecule has 3 rings (SSSR count). The number of hydrogen-bond acceptors (Lipinski definition) is 3. The van der Waals surface area contributed by atoms with Crippen molar-refractivity contribution in [1.29, 1.82) is 0 Å². The molecule has 2 aromatic rings. The first-order chi connectivity index (χ1) is 9.56. The summed E-state index contributed by atoms with van der Waals surface area (Å²) in [6.07, 6.45) is 1.79. The lowest BCUT2D eigenvalue weighted by molar-refractivity contribution is 0.104. The SMILES string of the molecule is O=C1C=C(c2ccc(F)cc2)Cc2c1ccc(O)c2O. The van der Waals surface area contributed by atoms with Gasteiger partial charge in [0, 0.05) is 17.5 Å². The number of carbonyl (C=O) groups is 1. The van der Waals surface area contributed by atoms with Crippen molar-refractivity contribution in [3.05, 3.63) is 65.0 Å². The van der Waals surface area contributed by atoms with E-state index in [1.807, 2.05) is 0 Å². The van der Waals surface area contributed by atoms with Gasteiger partial charge in [-0.15, -0.1) is 0 Å². The first kappa shape index (κ1) is 12.4. The van der Waals surface area contributed by atoms with E-state index in [0.29, 0.717) is 28.7 Å². The summed E-state index contributed by atoms with van der Waals surface area (Å²) in [5, 5.41) is 19.4. The Morgan fingerprint density at radius 2 is 1.70 bits per heavy atom. The van der Waals surface area contributed by atoms with E-state index in [9.17, 15) is 19.4 Å². The Balaban J connectivity index is 2.08. The number of aromatic hydroxyl groups is 2. The number of phenolic OH excluding ortho intramolecular Hbond substituents is 2. The van der Waals surface area contributed by atoms with Crippen LogP contribution in [0.4, 0.5) is 4.39 Å². The van der Waals surface area contributed by atoms with E-state index >= 15 is 0 Å². The molecule has 20 heavy (non-hydrogen) atoms. The van der Waals surface area contributed by atoms with Crippen LogP contribution in [0.1, 0.15) is 21.5 Å². The molecule has 3 nitrogen and oxygen atoms in total. The van der Waals surface area contributed by atoms with Gasteiger partial charge in [0.05, 0.1) is 0 Å². The number of hydrogen-bond donors (Lipinski definition) is 2. The second-order valence-corrected chi connectivity index (χ2v) is 4.68. The van der Waals surface area contributed by atoms with Gasteiger partial charge in [0.15, 0.2) is 17.3 Å². The first-order valence-electron chi connectivity index (χ1n) is 6.11. The summed E-state index contributed by atoms with van der Waals surface area (Å²) in [6, 6.07) is 8.59. The number of halogens is 1. The summed E-state index contributed by atoms with van der Waals surface area (Å²) in [5.74, 6) is -1.11. The molecule has 4 heteroatoms. The number of benzene rings is 2. The van der Waals surface area contributed by atoms with E-state index in [1.54, 1.807) is 12.1 Å². The summed E-state index contributed by atoms with van der Waals surface area (Å²) in [5.41, 5.74) is 2.18. The number of allylic oxidation sites excluding steroid dienone is 2. The molecule has 2 aromatic carbocycles. The smallest absolute Gasteiger partial charge is 0.186 e. The van der Waals surface area contributed by atoms with E-state index in [4.69, 9.17) is 0 Å². The standard InChI is InChI=1S/C16H11FO3/c17-11-3-1-9(2-4-11)10-7-13-12(15(19)8-10)5-6-14(18)16(13)20/h1-6,8,18,20H,7H2. The predicted octanol–water partition coefficient (Wildman–Crippen LogP) is 3.06. The van der Waals surface area contributed by atoms with Crippen molar-refractivity contribution in [2.75, 3.05) is 0 Å². The van der Waals surface area contributed by atoms with Crippen molar-refractivity contribution in [1.82, 2.24) is 0 Å². The fraction of sp³-hybridized carbons (Fsp3) is 0.0625. The van der Waals surface area contributed by atoms with Crippen LogP contribution in [-0.4, -0.2) is 16.0 Å². The Bertz CT molecular complexity index is 730. The van der Waals surface area contributed by atoms with Crippen LogP contribution in [0.15, 0.2) is 42.5 Å². The lowest BCUT2D eigenvalue weighted by Crippen LogP contribution is -2.09. The van der Waals surface area contributed by atoms with E-state index in [-0.39, 0.29) is 23.1 Å². The Hall–Kier alpha value is -2.62. The summed E-state index contributed by atoms with van der Waals surface area (Å²) in [6.45, 7) is 0. The molecule has 0 radical (unpaired) electrons. The van der Waals surface area contributed by atoms with Crippen LogP contribution in [-0.2, 0) is 6.42 Å². The molecule has 2 N–H and O–H groups in total. The fourth-order valence-corrected chi connectivity index (χ4v) is 2.36. The molecule has 0 atom stereocenters. The Morgan fingerprint density at radius 3 is 2.40 bits per heavy atom. The molecule has 0 heterocycles. The van der Waals surface area contributed by atoms with Gasteiger partial charge in [-0.1, -0.05) is 12.1 Å². The monoisotopic (exact) mass is 270 g/mol. The normalized spacial score (nSPS) is 13.8. The van der Waals surface area contributed by atoms with E-state index in [0.717, 1.165) is 0 Å². The molecule has 0 saturated carbocycles. The molecule has 0 spiro atoms. The number of rotatable bonds is 1. The number of ketones is 1. The number of fused-ring (bicyclic) bond motifs is 1. The van der Waals surface area contributed by atoms with Crippen LogP contribution in [0, 0.1) is 5.82 Å². The molecule has 0 unspecified atom stereocenters. The zero-order valence-corrected chi connectivity index (χ0v) is 10.4. The second-order valence-electron chi connectivity index (χ2n) is 4.68. The molecular formula is C16H11FO3. The van der Waals surface area contributed by atoms with Gasteiger partial charge in [-0.25, -0.2) is 4.39 Å². The molecule has 0 bridgehead atoms. The maximum absolute atomic E-state index is 12.9. The Labute approximate surface area is 114 Å². The van der Waals surface area contributed by atoms with Gasteiger partial charge in [0.25, 0.3) is 0 Å². The van der Waals surface area contributed by atoms with E-state index in [2.05, 4.69) is 0 Å². The highest BCUT2D eigenvalue weighted by atomic mass is 19.1. The Morgan fingerprint density at radius 1 is 1.00 bits per heavy atom.